The van der Waals surface area contributed by atoms with E-state index in [4.69, 9.17) is 24.3 Å². The van der Waals surface area contributed by atoms with Crippen LogP contribution in [0.1, 0.15) is 28.1 Å². The standard InChI is InChI=1S/C25H22N4O3S2/c1-30-17-11-10-14(13-18(17)31-2)23-20-21(15-7-4-5-8-16(15)32-23)26-24-27-25(33-3)28-29(24)22(20)19-9-6-12-34-19/h4-13,22-23H,1-3H3,(H,26,27,28)/t22-,23+/m0/s1. The highest BCUT2D eigenvalue weighted by Crippen LogP contribution is 2.52. The van der Waals surface area contributed by atoms with Crippen LogP contribution in [0.5, 0.6) is 17.2 Å². The molecule has 4 heterocycles. The molecule has 34 heavy (non-hydrogen) atoms. The second kappa shape index (κ2) is 8.41. The van der Waals surface area contributed by atoms with E-state index >= 15 is 0 Å². The summed E-state index contributed by atoms with van der Waals surface area (Å²) in [7, 11) is 3.28. The van der Waals surface area contributed by atoms with Gasteiger partial charge in [0.1, 0.15) is 17.9 Å². The number of thioether (sulfide) groups is 1. The fourth-order valence-corrected chi connectivity index (χ4v) is 5.73. The van der Waals surface area contributed by atoms with Crippen LogP contribution in [-0.2, 0) is 0 Å². The molecule has 4 aromatic rings. The van der Waals surface area contributed by atoms with E-state index in [1.165, 1.54) is 16.6 Å². The molecule has 0 unspecified atom stereocenters. The van der Waals surface area contributed by atoms with Crippen molar-refractivity contribution >= 4 is 34.7 Å². The van der Waals surface area contributed by atoms with Crippen molar-refractivity contribution in [2.45, 2.75) is 17.3 Å². The van der Waals surface area contributed by atoms with Gasteiger partial charge in [-0.1, -0.05) is 36.0 Å². The Hall–Kier alpha value is -3.43. The first-order valence-corrected chi connectivity index (χ1v) is 12.8. The predicted molar refractivity (Wildman–Crippen MR) is 134 cm³/mol. The number of thiophene rings is 1. The lowest BCUT2D eigenvalue weighted by molar-refractivity contribution is 0.222. The Labute approximate surface area is 205 Å². The molecule has 7 nitrogen and oxygen atoms in total. The summed E-state index contributed by atoms with van der Waals surface area (Å²) in [6, 6.07) is 18.1. The molecule has 6 rings (SSSR count). The Kier molecular flexibility index (Phi) is 5.23. The highest BCUT2D eigenvalue weighted by Gasteiger charge is 2.42. The summed E-state index contributed by atoms with van der Waals surface area (Å²) in [5.74, 6) is 2.88. The summed E-state index contributed by atoms with van der Waals surface area (Å²) in [6.45, 7) is 0. The van der Waals surface area contributed by atoms with E-state index in [1.54, 1.807) is 25.6 Å². The number of hydrogen-bond acceptors (Lipinski definition) is 8. The van der Waals surface area contributed by atoms with Gasteiger partial charge in [0.25, 0.3) is 0 Å². The van der Waals surface area contributed by atoms with Gasteiger partial charge in [0, 0.05) is 21.6 Å². The first kappa shape index (κ1) is 21.1. The number of hydrogen-bond donors (Lipinski definition) is 1. The minimum Gasteiger partial charge on any atom is -0.493 e. The zero-order valence-electron chi connectivity index (χ0n) is 18.8. The fraction of sp³-hybridized carbons (Fsp3) is 0.200. The van der Waals surface area contributed by atoms with Crippen LogP contribution in [0.15, 0.2) is 70.7 Å². The summed E-state index contributed by atoms with van der Waals surface area (Å²) in [5, 5.41) is 11.2. The molecule has 2 aliphatic heterocycles. The van der Waals surface area contributed by atoms with Crippen LogP contribution in [0.4, 0.5) is 5.95 Å². The maximum Gasteiger partial charge on any atom is 0.227 e. The topological polar surface area (TPSA) is 70.4 Å². The number of para-hydroxylation sites is 1. The van der Waals surface area contributed by atoms with Crippen molar-refractivity contribution in [1.29, 1.82) is 0 Å². The number of benzene rings is 2. The van der Waals surface area contributed by atoms with Crippen LogP contribution in [0, 0.1) is 0 Å². The van der Waals surface area contributed by atoms with E-state index in [-0.39, 0.29) is 12.1 Å². The van der Waals surface area contributed by atoms with Gasteiger partial charge in [-0.2, -0.15) is 4.98 Å². The lowest BCUT2D eigenvalue weighted by atomic mass is 9.87. The molecule has 9 heteroatoms. The van der Waals surface area contributed by atoms with E-state index in [9.17, 15) is 0 Å². The van der Waals surface area contributed by atoms with Crippen molar-refractivity contribution in [3.05, 3.63) is 81.6 Å². The summed E-state index contributed by atoms with van der Waals surface area (Å²) >= 11 is 3.23. The number of methoxy groups -OCH3 is 2. The molecule has 0 spiro atoms. The number of anilines is 1. The van der Waals surface area contributed by atoms with Crippen molar-refractivity contribution < 1.29 is 14.2 Å². The van der Waals surface area contributed by atoms with Gasteiger partial charge >= 0.3 is 0 Å². The summed E-state index contributed by atoms with van der Waals surface area (Å²) in [6.07, 6.45) is 1.62. The van der Waals surface area contributed by atoms with Crippen molar-refractivity contribution in [2.75, 3.05) is 25.8 Å². The fourth-order valence-electron chi connectivity index (χ4n) is 4.56. The van der Waals surface area contributed by atoms with Crippen LogP contribution in [0.25, 0.3) is 5.70 Å². The average molecular weight is 491 g/mol. The van der Waals surface area contributed by atoms with Crippen LogP contribution in [0.2, 0.25) is 0 Å². The average Bonchev–Trinajstić information content (AvgIpc) is 3.56. The van der Waals surface area contributed by atoms with E-state index in [1.807, 2.05) is 47.3 Å². The molecule has 2 aromatic carbocycles. The number of rotatable bonds is 5. The Morgan fingerprint density at radius 3 is 2.68 bits per heavy atom. The van der Waals surface area contributed by atoms with E-state index < -0.39 is 0 Å². The van der Waals surface area contributed by atoms with E-state index in [0.29, 0.717) is 11.5 Å². The molecule has 2 atom stereocenters. The molecule has 0 radical (unpaired) electrons. The van der Waals surface area contributed by atoms with Gasteiger partial charge in [-0.25, -0.2) is 4.68 Å². The second-order valence-electron chi connectivity index (χ2n) is 7.85. The number of nitrogens with zero attached hydrogens (tertiary/aromatic N) is 3. The molecule has 2 aliphatic rings. The minimum absolute atomic E-state index is 0.161. The normalized spacial score (nSPS) is 18.3. The van der Waals surface area contributed by atoms with Gasteiger partial charge < -0.3 is 19.5 Å². The zero-order chi connectivity index (χ0) is 23.2. The van der Waals surface area contributed by atoms with Crippen molar-refractivity contribution in [1.82, 2.24) is 14.8 Å². The Balaban J connectivity index is 1.60. The molecule has 0 amide bonds. The Morgan fingerprint density at radius 1 is 1.06 bits per heavy atom. The number of ether oxygens (including phenoxy) is 3. The molecular weight excluding hydrogens is 468 g/mol. The lowest BCUT2D eigenvalue weighted by Gasteiger charge is -2.38. The Morgan fingerprint density at radius 2 is 1.91 bits per heavy atom. The molecule has 0 saturated carbocycles. The van der Waals surface area contributed by atoms with E-state index in [2.05, 4.69) is 28.9 Å². The zero-order valence-corrected chi connectivity index (χ0v) is 20.4. The monoisotopic (exact) mass is 490 g/mol. The van der Waals surface area contributed by atoms with Crippen LogP contribution < -0.4 is 19.5 Å². The first-order valence-electron chi connectivity index (χ1n) is 10.7. The van der Waals surface area contributed by atoms with Gasteiger partial charge in [0.15, 0.2) is 11.5 Å². The van der Waals surface area contributed by atoms with Crippen molar-refractivity contribution in [3.8, 4) is 17.2 Å². The van der Waals surface area contributed by atoms with Gasteiger partial charge in [-0.15, -0.1) is 16.4 Å². The third kappa shape index (κ3) is 3.26. The quantitative estimate of drug-likeness (QED) is 0.363. The highest BCUT2D eigenvalue weighted by molar-refractivity contribution is 7.98. The third-order valence-electron chi connectivity index (χ3n) is 6.07. The van der Waals surface area contributed by atoms with E-state index in [0.717, 1.165) is 39.3 Å². The molecule has 0 bridgehead atoms. The Bertz CT molecular complexity index is 1400. The predicted octanol–water partition coefficient (Wildman–Crippen LogP) is 5.64. The summed E-state index contributed by atoms with van der Waals surface area (Å²) < 4.78 is 19.7. The molecule has 0 fully saturated rings. The molecule has 172 valence electrons. The SMILES string of the molecule is COc1ccc([C@H]2Oc3ccccc3C3=C2[C@H](c2cccs2)n2nc(SC)nc2N3)cc1OC. The third-order valence-corrected chi connectivity index (χ3v) is 7.53. The largest absolute Gasteiger partial charge is 0.493 e. The molecule has 2 aromatic heterocycles. The van der Waals surface area contributed by atoms with Gasteiger partial charge in [0.2, 0.25) is 11.1 Å². The summed E-state index contributed by atoms with van der Waals surface area (Å²) in [5.41, 5.74) is 4.07. The van der Waals surface area contributed by atoms with Crippen molar-refractivity contribution in [2.24, 2.45) is 0 Å². The van der Waals surface area contributed by atoms with Crippen LogP contribution in [0.3, 0.4) is 0 Å². The lowest BCUT2D eigenvalue weighted by Crippen LogP contribution is -2.32. The maximum absolute atomic E-state index is 6.68. The van der Waals surface area contributed by atoms with Crippen LogP contribution in [-0.4, -0.2) is 35.2 Å². The van der Waals surface area contributed by atoms with Crippen molar-refractivity contribution in [3.63, 3.8) is 0 Å². The number of aromatic nitrogens is 3. The van der Waals surface area contributed by atoms with Gasteiger partial charge in [-0.3, -0.25) is 0 Å². The minimum atomic E-state index is -0.362. The highest BCUT2D eigenvalue weighted by atomic mass is 32.2. The van der Waals surface area contributed by atoms with Gasteiger partial charge in [0.05, 0.1) is 19.9 Å². The number of fused-ring (bicyclic) bond motifs is 3. The van der Waals surface area contributed by atoms with Gasteiger partial charge in [-0.05, 0) is 42.0 Å². The molecule has 0 saturated heterocycles. The first-order chi connectivity index (χ1) is 16.7. The molecular formula is C25H22N4O3S2. The second-order valence-corrected chi connectivity index (χ2v) is 9.60. The molecule has 0 aliphatic carbocycles. The van der Waals surface area contributed by atoms with Crippen LogP contribution >= 0.6 is 23.1 Å². The summed E-state index contributed by atoms with van der Waals surface area (Å²) in [4.78, 5) is 5.91. The smallest absolute Gasteiger partial charge is 0.227 e. The number of nitrogens with one attached hydrogen (secondary N) is 1. The molecule has 1 N–H and O–H groups in total. The maximum atomic E-state index is 6.68.